The lowest BCUT2D eigenvalue weighted by molar-refractivity contribution is 0.0938. The van der Waals surface area contributed by atoms with Gasteiger partial charge in [0, 0.05) is 30.9 Å². The second-order valence-electron chi connectivity index (χ2n) is 6.40. The van der Waals surface area contributed by atoms with Gasteiger partial charge in [0.1, 0.15) is 0 Å². The molecule has 1 aromatic rings. The highest BCUT2D eigenvalue weighted by molar-refractivity contribution is 7.91. The number of hydrogen-bond acceptors (Lipinski definition) is 5. The van der Waals surface area contributed by atoms with Gasteiger partial charge < -0.3 is 16.0 Å². The Morgan fingerprint density at radius 1 is 1.17 bits per heavy atom. The number of rotatable bonds is 3. The molecule has 134 valence electrons. The van der Waals surface area contributed by atoms with Crippen LogP contribution in [0.3, 0.4) is 0 Å². The van der Waals surface area contributed by atoms with E-state index in [0.717, 1.165) is 24.9 Å². The molecular formula is C16H24ClN3O3S. The van der Waals surface area contributed by atoms with E-state index in [1.165, 1.54) is 0 Å². The highest BCUT2D eigenvalue weighted by Gasteiger charge is 2.27. The smallest absolute Gasteiger partial charge is 0.253 e. The summed E-state index contributed by atoms with van der Waals surface area (Å²) in [6, 6.07) is 7.69. The Kier molecular flexibility index (Phi) is 6.11. The molecule has 1 aliphatic carbocycles. The van der Waals surface area contributed by atoms with Gasteiger partial charge in [0.2, 0.25) is 0 Å². The van der Waals surface area contributed by atoms with Crippen molar-refractivity contribution in [1.82, 2.24) is 5.32 Å². The minimum atomic E-state index is -2.94. The molecule has 2 atom stereocenters. The van der Waals surface area contributed by atoms with Gasteiger partial charge in [-0.3, -0.25) is 4.79 Å². The summed E-state index contributed by atoms with van der Waals surface area (Å²) in [6.07, 6.45) is 2.67. The summed E-state index contributed by atoms with van der Waals surface area (Å²) in [5.74, 6) is 0.175. The molecule has 0 bridgehead atoms. The largest absolute Gasteiger partial charge is 0.369 e. The maximum atomic E-state index is 12.6. The van der Waals surface area contributed by atoms with E-state index in [4.69, 9.17) is 5.73 Å². The fraction of sp³-hybridized carbons (Fsp3) is 0.562. The van der Waals surface area contributed by atoms with Crippen LogP contribution in [0.15, 0.2) is 24.3 Å². The lowest BCUT2D eigenvalue weighted by Crippen LogP contribution is -2.42. The number of sulfone groups is 1. The second kappa shape index (κ2) is 7.72. The van der Waals surface area contributed by atoms with Crippen molar-refractivity contribution in [3.63, 3.8) is 0 Å². The van der Waals surface area contributed by atoms with Gasteiger partial charge in [0.15, 0.2) is 9.84 Å². The van der Waals surface area contributed by atoms with E-state index in [2.05, 4.69) is 5.32 Å². The van der Waals surface area contributed by atoms with E-state index in [9.17, 15) is 13.2 Å². The number of anilines is 1. The highest BCUT2D eigenvalue weighted by atomic mass is 35.5. The van der Waals surface area contributed by atoms with E-state index < -0.39 is 9.84 Å². The summed E-state index contributed by atoms with van der Waals surface area (Å²) < 4.78 is 23.2. The zero-order valence-corrected chi connectivity index (χ0v) is 15.1. The number of carbonyl (C=O) groups excluding carboxylic acids is 1. The quantitative estimate of drug-likeness (QED) is 0.823. The summed E-state index contributed by atoms with van der Waals surface area (Å²) in [5.41, 5.74) is 7.31. The van der Waals surface area contributed by atoms with Crippen molar-refractivity contribution in [1.29, 1.82) is 0 Å². The first-order valence-corrected chi connectivity index (χ1v) is 9.87. The van der Waals surface area contributed by atoms with E-state index in [-0.39, 0.29) is 41.9 Å². The van der Waals surface area contributed by atoms with Crippen LogP contribution in [0.4, 0.5) is 5.69 Å². The molecule has 1 heterocycles. The number of nitrogens with two attached hydrogens (primary N) is 1. The average molecular weight is 374 g/mol. The highest BCUT2D eigenvalue weighted by Crippen LogP contribution is 2.24. The zero-order valence-electron chi connectivity index (χ0n) is 13.5. The topological polar surface area (TPSA) is 92.5 Å². The summed E-state index contributed by atoms with van der Waals surface area (Å²) in [6.45, 7) is 0.863. The Morgan fingerprint density at radius 2 is 1.83 bits per heavy atom. The Morgan fingerprint density at radius 3 is 2.46 bits per heavy atom. The summed E-state index contributed by atoms with van der Waals surface area (Å²) >= 11 is 0. The van der Waals surface area contributed by atoms with Crippen molar-refractivity contribution in [2.75, 3.05) is 29.5 Å². The second-order valence-corrected chi connectivity index (χ2v) is 8.70. The molecule has 3 N–H and O–H groups in total. The molecule has 1 aromatic carbocycles. The number of para-hydroxylation sites is 1. The Bertz CT molecular complexity index is 682. The lowest BCUT2D eigenvalue weighted by atomic mass is 10.1. The summed E-state index contributed by atoms with van der Waals surface area (Å²) in [7, 11) is -2.94. The molecular weight excluding hydrogens is 350 g/mol. The van der Waals surface area contributed by atoms with Gasteiger partial charge in [-0.15, -0.1) is 12.4 Å². The van der Waals surface area contributed by atoms with Gasteiger partial charge in [0.25, 0.3) is 5.91 Å². The third-order valence-electron chi connectivity index (χ3n) is 4.64. The van der Waals surface area contributed by atoms with Gasteiger partial charge in [-0.1, -0.05) is 12.1 Å². The van der Waals surface area contributed by atoms with Crippen molar-refractivity contribution < 1.29 is 13.2 Å². The maximum absolute atomic E-state index is 12.6. The number of halogens is 1. The van der Waals surface area contributed by atoms with Crippen LogP contribution in [0.25, 0.3) is 0 Å². The SMILES string of the molecule is Cl.N[C@@H]1CC[C@@H](NC(=O)c2ccccc2N2CCS(=O)(=O)CC2)C1. The number of nitrogens with zero attached hydrogens (tertiary/aromatic N) is 1. The first kappa shape index (κ1) is 19.0. The first-order valence-electron chi connectivity index (χ1n) is 8.05. The molecule has 2 fully saturated rings. The predicted molar refractivity (Wildman–Crippen MR) is 97.6 cm³/mol. The van der Waals surface area contributed by atoms with Gasteiger partial charge in [-0.25, -0.2) is 8.42 Å². The van der Waals surface area contributed by atoms with E-state index in [0.29, 0.717) is 18.7 Å². The van der Waals surface area contributed by atoms with Gasteiger partial charge in [-0.2, -0.15) is 0 Å². The molecule has 2 aliphatic rings. The van der Waals surface area contributed by atoms with Crippen molar-refractivity contribution >= 4 is 33.8 Å². The zero-order chi connectivity index (χ0) is 16.4. The maximum Gasteiger partial charge on any atom is 0.253 e. The minimum absolute atomic E-state index is 0. The standard InChI is InChI=1S/C16H23N3O3S.ClH/c17-12-5-6-13(11-12)18-16(20)14-3-1-2-4-15(14)19-7-9-23(21,22)10-8-19;/h1-4,12-13H,5-11,17H2,(H,18,20);1H/t12-,13-;/m1./s1. The lowest BCUT2D eigenvalue weighted by Gasteiger charge is -2.30. The third-order valence-corrected chi connectivity index (χ3v) is 6.25. The third kappa shape index (κ3) is 4.40. The molecule has 6 nitrogen and oxygen atoms in total. The van der Waals surface area contributed by atoms with E-state index in [1.54, 1.807) is 6.07 Å². The molecule has 1 aliphatic heterocycles. The molecule has 0 spiro atoms. The molecule has 3 rings (SSSR count). The number of amides is 1. The molecule has 1 saturated carbocycles. The molecule has 8 heteroatoms. The van der Waals surface area contributed by atoms with Crippen molar-refractivity contribution in [3.05, 3.63) is 29.8 Å². The summed E-state index contributed by atoms with van der Waals surface area (Å²) in [4.78, 5) is 14.6. The van der Waals surface area contributed by atoms with Gasteiger partial charge >= 0.3 is 0 Å². The van der Waals surface area contributed by atoms with Crippen LogP contribution < -0.4 is 16.0 Å². The van der Waals surface area contributed by atoms with Crippen LogP contribution in [0.1, 0.15) is 29.6 Å². The number of carbonyl (C=O) groups is 1. The molecule has 0 unspecified atom stereocenters. The van der Waals surface area contributed by atoms with Crippen LogP contribution in [0, 0.1) is 0 Å². The van der Waals surface area contributed by atoms with Crippen molar-refractivity contribution in [3.8, 4) is 0 Å². The fourth-order valence-electron chi connectivity index (χ4n) is 3.31. The summed E-state index contributed by atoms with van der Waals surface area (Å²) in [5, 5.41) is 3.06. The molecule has 0 aromatic heterocycles. The molecule has 1 amide bonds. The van der Waals surface area contributed by atoms with Gasteiger partial charge in [-0.05, 0) is 31.4 Å². The molecule has 0 radical (unpaired) electrons. The van der Waals surface area contributed by atoms with Crippen LogP contribution in [-0.2, 0) is 9.84 Å². The normalized spacial score (nSPS) is 25.8. The van der Waals surface area contributed by atoms with Crippen LogP contribution in [0.2, 0.25) is 0 Å². The Labute approximate surface area is 149 Å². The number of hydrogen-bond donors (Lipinski definition) is 2. The van der Waals surface area contributed by atoms with Crippen LogP contribution in [0.5, 0.6) is 0 Å². The minimum Gasteiger partial charge on any atom is -0.369 e. The number of benzene rings is 1. The molecule has 1 saturated heterocycles. The predicted octanol–water partition coefficient (Wildman–Crippen LogP) is 0.953. The monoisotopic (exact) mass is 373 g/mol. The van der Waals surface area contributed by atoms with Crippen molar-refractivity contribution in [2.45, 2.75) is 31.3 Å². The van der Waals surface area contributed by atoms with Crippen LogP contribution >= 0.6 is 12.4 Å². The fourth-order valence-corrected chi connectivity index (χ4v) is 4.51. The van der Waals surface area contributed by atoms with Gasteiger partial charge in [0.05, 0.1) is 17.1 Å². The van der Waals surface area contributed by atoms with E-state index in [1.807, 2.05) is 23.1 Å². The first-order chi connectivity index (χ1) is 10.9. The Balaban J connectivity index is 0.00000208. The Hall–Kier alpha value is -1.31. The molecule has 24 heavy (non-hydrogen) atoms. The van der Waals surface area contributed by atoms with Crippen molar-refractivity contribution in [2.24, 2.45) is 5.73 Å². The van der Waals surface area contributed by atoms with E-state index >= 15 is 0 Å². The average Bonchev–Trinajstić information content (AvgIpc) is 2.92. The number of nitrogens with one attached hydrogen (secondary N) is 1. The van der Waals surface area contributed by atoms with Crippen LogP contribution in [-0.4, -0.2) is 51.0 Å².